The van der Waals surface area contributed by atoms with Gasteiger partial charge in [-0.3, -0.25) is 19.3 Å². The number of thiazole rings is 1. The van der Waals surface area contributed by atoms with Crippen LogP contribution in [0, 0.1) is 0 Å². The predicted molar refractivity (Wildman–Crippen MR) is 83.4 cm³/mol. The van der Waals surface area contributed by atoms with E-state index in [1.807, 2.05) is 24.3 Å². The van der Waals surface area contributed by atoms with Gasteiger partial charge in [-0.2, -0.15) is 0 Å². The van der Waals surface area contributed by atoms with Crippen molar-refractivity contribution in [2.75, 3.05) is 5.32 Å². The Balaban J connectivity index is 1.71. The molecule has 7 nitrogen and oxygen atoms in total. The van der Waals surface area contributed by atoms with E-state index in [4.69, 9.17) is 0 Å². The maximum Gasteiger partial charge on any atom is 0.271 e. The van der Waals surface area contributed by atoms with Crippen molar-refractivity contribution in [2.45, 2.75) is 0 Å². The molecular formula is C14H9N5O2S. The van der Waals surface area contributed by atoms with Gasteiger partial charge in [0.15, 0.2) is 4.96 Å². The van der Waals surface area contributed by atoms with Gasteiger partial charge in [0.05, 0.1) is 11.0 Å². The van der Waals surface area contributed by atoms with E-state index in [-0.39, 0.29) is 5.56 Å². The maximum absolute atomic E-state index is 12.3. The molecule has 1 aromatic carbocycles. The lowest BCUT2D eigenvalue weighted by molar-refractivity contribution is 0.102. The van der Waals surface area contributed by atoms with Gasteiger partial charge in [-0.15, -0.1) is 11.3 Å². The minimum absolute atomic E-state index is 0.0312. The molecule has 4 rings (SSSR count). The number of nitrogens with zero attached hydrogens (tertiary/aromatic N) is 3. The normalized spacial score (nSPS) is 11.1. The molecular weight excluding hydrogens is 302 g/mol. The Labute approximate surface area is 127 Å². The van der Waals surface area contributed by atoms with Crippen molar-refractivity contribution in [1.82, 2.24) is 19.4 Å². The fourth-order valence-corrected chi connectivity index (χ4v) is 2.84. The van der Waals surface area contributed by atoms with Gasteiger partial charge < -0.3 is 4.98 Å². The largest absolute Gasteiger partial charge is 0.324 e. The zero-order valence-electron chi connectivity index (χ0n) is 11.1. The number of rotatable bonds is 2. The SMILES string of the molecule is O=C(Nc1nc2ccccc2[nH]1)c1cnc2sccn2c1=O. The lowest BCUT2D eigenvalue weighted by atomic mass is 10.3. The standard InChI is InChI=1S/C14H9N5O2S/c20-11(8-7-15-14-19(12(8)21)5-6-22-14)18-13-16-9-3-1-2-4-10(9)17-13/h1-7H,(H2,16,17,18,20). The number of aromatic amines is 1. The van der Waals surface area contributed by atoms with E-state index < -0.39 is 11.5 Å². The molecule has 0 unspecified atom stereocenters. The Kier molecular flexibility index (Phi) is 2.76. The van der Waals surface area contributed by atoms with E-state index in [0.29, 0.717) is 10.9 Å². The lowest BCUT2D eigenvalue weighted by Gasteiger charge is -2.01. The molecule has 0 fully saturated rings. The molecule has 0 aliphatic carbocycles. The number of carbonyl (C=O) groups is 1. The number of hydrogen-bond acceptors (Lipinski definition) is 5. The fourth-order valence-electron chi connectivity index (χ4n) is 2.17. The second-order valence-electron chi connectivity index (χ2n) is 4.59. The van der Waals surface area contributed by atoms with Crippen molar-refractivity contribution in [3.8, 4) is 0 Å². The van der Waals surface area contributed by atoms with Gasteiger partial charge in [-0.05, 0) is 12.1 Å². The molecule has 0 radical (unpaired) electrons. The number of fused-ring (bicyclic) bond motifs is 2. The van der Waals surface area contributed by atoms with Gasteiger partial charge in [0.2, 0.25) is 5.95 Å². The summed E-state index contributed by atoms with van der Waals surface area (Å²) >= 11 is 1.33. The first-order chi connectivity index (χ1) is 10.7. The van der Waals surface area contributed by atoms with Crippen LogP contribution in [0.1, 0.15) is 10.4 Å². The Morgan fingerprint density at radius 3 is 3.05 bits per heavy atom. The Morgan fingerprint density at radius 1 is 1.32 bits per heavy atom. The highest BCUT2D eigenvalue weighted by molar-refractivity contribution is 7.15. The first-order valence-electron chi connectivity index (χ1n) is 6.43. The smallest absolute Gasteiger partial charge is 0.271 e. The number of aromatic nitrogens is 4. The van der Waals surface area contributed by atoms with Crippen LogP contribution >= 0.6 is 11.3 Å². The third-order valence-corrected chi connectivity index (χ3v) is 3.98. The van der Waals surface area contributed by atoms with Gasteiger partial charge in [0.1, 0.15) is 5.56 Å². The van der Waals surface area contributed by atoms with Gasteiger partial charge >= 0.3 is 0 Å². The van der Waals surface area contributed by atoms with E-state index >= 15 is 0 Å². The number of nitrogens with one attached hydrogen (secondary N) is 2. The minimum atomic E-state index is -0.544. The van der Waals surface area contributed by atoms with Gasteiger partial charge in [-0.1, -0.05) is 12.1 Å². The average molecular weight is 311 g/mol. The summed E-state index contributed by atoms with van der Waals surface area (Å²) in [6.07, 6.45) is 2.87. The number of benzene rings is 1. The van der Waals surface area contributed by atoms with Crippen LogP contribution in [0.4, 0.5) is 5.95 Å². The van der Waals surface area contributed by atoms with Crippen LogP contribution in [0.15, 0.2) is 46.8 Å². The quantitative estimate of drug-likeness (QED) is 0.591. The number of H-pyrrole nitrogens is 1. The Hall–Kier alpha value is -3.00. The van der Waals surface area contributed by atoms with Gasteiger partial charge in [-0.25, -0.2) is 9.97 Å². The first kappa shape index (κ1) is 12.7. The molecule has 3 aromatic heterocycles. The number of anilines is 1. The van der Waals surface area contributed by atoms with Crippen molar-refractivity contribution in [3.63, 3.8) is 0 Å². The highest BCUT2D eigenvalue weighted by Gasteiger charge is 2.15. The zero-order chi connectivity index (χ0) is 15.1. The highest BCUT2D eigenvalue weighted by Crippen LogP contribution is 2.14. The number of hydrogen-bond donors (Lipinski definition) is 2. The molecule has 0 spiro atoms. The van der Waals surface area contributed by atoms with Crippen LogP contribution in [0.25, 0.3) is 16.0 Å². The summed E-state index contributed by atoms with van der Waals surface area (Å²) in [5, 5.41) is 4.33. The topological polar surface area (TPSA) is 92.2 Å². The van der Waals surface area contributed by atoms with Crippen molar-refractivity contribution >= 4 is 39.2 Å². The molecule has 1 amide bonds. The fraction of sp³-hybridized carbons (Fsp3) is 0. The summed E-state index contributed by atoms with van der Waals surface area (Å²) < 4.78 is 1.35. The second-order valence-corrected chi connectivity index (χ2v) is 5.46. The summed E-state index contributed by atoms with van der Waals surface area (Å²) in [5.41, 5.74) is 1.11. The van der Waals surface area contributed by atoms with E-state index in [2.05, 4.69) is 20.3 Å². The summed E-state index contributed by atoms with van der Waals surface area (Å²) in [6.45, 7) is 0. The number of imidazole rings is 1. The van der Waals surface area contributed by atoms with Crippen LogP contribution in [0.2, 0.25) is 0 Å². The van der Waals surface area contributed by atoms with Gasteiger partial charge in [0, 0.05) is 17.8 Å². The van der Waals surface area contributed by atoms with Crippen LogP contribution in [0.5, 0.6) is 0 Å². The van der Waals surface area contributed by atoms with Gasteiger partial charge in [0.25, 0.3) is 11.5 Å². The molecule has 8 heteroatoms. The number of amides is 1. The molecule has 0 saturated carbocycles. The van der Waals surface area contributed by atoms with Crippen molar-refractivity contribution in [3.05, 3.63) is 58.0 Å². The molecule has 0 aliphatic rings. The molecule has 2 N–H and O–H groups in total. The summed E-state index contributed by atoms with van der Waals surface area (Å²) in [5.74, 6) is -0.252. The lowest BCUT2D eigenvalue weighted by Crippen LogP contribution is -2.26. The van der Waals surface area contributed by atoms with E-state index in [1.165, 1.54) is 21.9 Å². The second kappa shape index (κ2) is 4.78. The van der Waals surface area contributed by atoms with Crippen molar-refractivity contribution in [2.24, 2.45) is 0 Å². The van der Waals surface area contributed by atoms with Crippen LogP contribution in [-0.2, 0) is 0 Å². The van der Waals surface area contributed by atoms with Crippen molar-refractivity contribution < 1.29 is 4.79 Å². The van der Waals surface area contributed by atoms with Crippen LogP contribution < -0.4 is 10.9 Å². The Morgan fingerprint density at radius 2 is 2.18 bits per heavy atom. The van der Waals surface area contributed by atoms with Crippen LogP contribution in [0.3, 0.4) is 0 Å². The average Bonchev–Trinajstić information content (AvgIpc) is 3.13. The molecule has 4 aromatic rings. The number of para-hydroxylation sites is 2. The molecule has 3 heterocycles. The summed E-state index contributed by atoms with van der Waals surface area (Å²) in [7, 11) is 0. The highest BCUT2D eigenvalue weighted by atomic mass is 32.1. The monoisotopic (exact) mass is 311 g/mol. The maximum atomic E-state index is 12.3. The first-order valence-corrected chi connectivity index (χ1v) is 7.31. The molecule has 0 aliphatic heterocycles. The van der Waals surface area contributed by atoms with E-state index in [0.717, 1.165) is 11.0 Å². The molecule has 108 valence electrons. The molecule has 0 bridgehead atoms. The summed E-state index contributed by atoms with van der Waals surface area (Å²) in [6, 6.07) is 7.41. The third kappa shape index (κ3) is 1.97. The molecule has 0 saturated heterocycles. The summed E-state index contributed by atoms with van der Waals surface area (Å²) in [4.78, 5) is 36.4. The van der Waals surface area contributed by atoms with Crippen LogP contribution in [-0.4, -0.2) is 25.3 Å². The number of carbonyl (C=O) groups excluding carboxylic acids is 1. The third-order valence-electron chi connectivity index (χ3n) is 3.21. The zero-order valence-corrected chi connectivity index (χ0v) is 11.9. The minimum Gasteiger partial charge on any atom is -0.324 e. The van der Waals surface area contributed by atoms with E-state index in [1.54, 1.807) is 11.6 Å². The predicted octanol–water partition coefficient (Wildman–Crippen LogP) is 1.88. The Bertz CT molecular complexity index is 1030. The van der Waals surface area contributed by atoms with Crippen molar-refractivity contribution in [1.29, 1.82) is 0 Å². The molecule has 0 atom stereocenters. The molecule has 22 heavy (non-hydrogen) atoms. The van der Waals surface area contributed by atoms with E-state index in [9.17, 15) is 9.59 Å².